The maximum atomic E-state index is 5.07. The molecule has 0 unspecified atom stereocenters. The van der Waals surface area contributed by atoms with Gasteiger partial charge in [-0.25, -0.2) is 4.98 Å². The third-order valence-electron chi connectivity index (χ3n) is 2.25. The third kappa shape index (κ3) is 5.37. The van der Waals surface area contributed by atoms with Crippen molar-refractivity contribution >= 4 is 11.8 Å². The van der Waals surface area contributed by atoms with Crippen LogP contribution in [0.4, 0.5) is 0 Å². The summed E-state index contributed by atoms with van der Waals surface area (Å²) in [6.45, 7) is 1.87. The van der Waals surface area contributed by atoms with E-state index in [1.165, 1.54) is 18.6 Å². The molecule has 90 valence electrons. The lowest BCUT2D eigenvalue weighted by atomic mass is 10.3. The van der Waals surface area contributed by atoms with E-state index in [0.29, 0.717) is 5.88 Å². The minimum atomic E-state index is 0.682. The molecule has 0 spiro atoms. The molecule has 0 aliphatic carbocycles. The maximum Gasteiger partial charge on any atom is 0.213 e. The molecule has 0 aliphatic rings. The van der Waals surface area contributed by atoms with Gasteiger partial charge in [0.1, 0.15) is 0 Å². The monoisotopic (exact) mass is 240 g/mol. The molecular weight excluding hydrogens is 220 g/mol. The molecule has 0 aliphatic heterocycles. The Bertz CT molecular complexity index is 294. The van der Waals surface area contributed by atoms with Crippen LogP contribution in [0.3, 0.4) is 0 Å². The van der Waals surface area contributed by atoms with Crippen LogP contribution in [0.1, 0.15) is 18.5 Å². The van der Waals surface area contributed by atoms with E-state index in [-0.39, 0.29) is 0 Å². The third-order valence-corrected chi connectivity index (χ3v) is 2.95. The van der Waals surface area contributed by atoms with Gasteiger partial charge in [-0.1, -0.05) is 6.07 Å². The van der Waals surface area contributed by atoms with Crippen molar-refractivity contribution in [3.63, 3.8) is 0 Å². The van der Waals surface area contributed by atoms with E-state index < -0.39 is 0 Å². The standard InChI is InChI=1S/C12H20N2OS/c1-15-12-7-5-6-11(14-12)10-13-8-3-4-9-16-2/h5-7,13H,3-4,8-10H2,1-2H3. The van der Waals surface area contributed by atoms with Crippen LogP contribution >= 0.6 is 11.8 Å². The van der Waals surface area contributed by atoms with Gasteiger partial charge >= 0.3 is 0 Å². The Hall–Kier alpha value is -0.740. The van der Waals surface area contributed by atoms with E-state index in [4.69, 9.17) is 4.74 Å². The van der Waals surface area contributed by atoms with Gasteiger partial charge in [-0.05, 0) is 37.5 Å². The summed E-state index contributed by atoms with van der Waals surface area (Å²) >= 11 is 1.90. The van der Waals surface area contributed by atoms with Crippen molar-refractivity contribution in [1.29, 1.82) is 0 Å². The first-order valence-corrected chi connectivity index (χ1v) is 6.96. The van der Waals surface area contributed by atoms with E-state index in [2.05, 4.69) is 16.6 Å². The van der Waals surface area contributed by atoms with Crippen molar-refractivity contribution in [3.8, 4) is 5.88 Å². The molecule has 0 amide bonds. The van der Waals surface area contributed by atoms with Crippen molar-refractivity contribution in [1.82, 2.24) is 10.3 Å². The summed E-state index contributed by atoms with van der Waals surface area (Å²) in [6, 6.07) is 5.84. The Morgan fingerprint density at radius 1 is 1.38 bits per heavy atom. The smallest absolute Gasteiger partial charge is 0.213 e. The molecule has 1 N–H and O–H groups in total. The van der Waals surface area contributed by atoms with Gasteiger partial charge in [0.2, 0.25) is 5.88 Å². The van der Waals surface area contributed by atoms with Crippen LogP contribution in [0.5, 0.6) is 5.88 Å². The molecule has 0 aromatic carbocycles. The van der Waals surface area contributed by atoms with Gasteiger partial charge in [-0.3, -0.25) is 0 Å². The van der Waals surface area contributed by atoms with Gasteiger partial charge in [-0.2, -0.15) is 11.8 Å². The Kier molecular flexibility index (Phi) is 7.01. The van der Waals surface area contributed by atoms with Crippen LogP contribution in [-0.2, 0) is 6.54 Å². The van der Waals surface area contributed by atoms with Gasteiger partial charge in [-0.15, -0.1) is 0 Å². The van der Waals surface area contributed by atoms with Crippen LogP contribution < -0.4 is 10.1 Å². The van der Waals surface area contributed by atoms with E-state index in [9.17, 15) is 0 Å². The number of ether oxygens (including phenoxy) is 1. The van der Waals surface area contributed by atoms with Gasteiger partial charge in [0.15, 0.2) is 0 Å². The second-order valence-electron chi connectivity index (χ2n) is 3.55. The first-order valence-electron chi connectivity index (χ1n) is 5.56. The molecule has 3 nitrogen and oxygen atoms in total. The number of hydrogen-bond acceptors (Lipinski definition) is 4. The zero-order valence-electron chi connectivity index (χ0n) is 10.0. The number of aromatic nitrogens is 1. The first-order chi connectivity index (χ1) is 7.86. The zero-order valence-corrected chi connectivity index (χ0v) is 10.8. The molecular formula is C12H20N2OS. The Balaban J connectivity index is 2.16. The Morgan fingerprint density at radius 2 is 2.25 bits per heavy atom. The minimum absolute atomic E-state index is 0.682. The minimum Gasteiger partial charge on any atom is -0.481 e. The highest BCUT2D eigenvalue weighted by Gasteiger charge is 1.96. The summed E-state index contributed by atoms with van der Waals surface area (Å²) in [5.41, 5.74) is 1.03. The van der Waals surface area contributed by atoms with Crippen molar-refractivity contribution in [2.75, 3.05) is 25.7 Å². The molecule has 0 bridgehead atoms. The molecule has 1 aromatic rings. The van der Waals surface area contributed by atoms with Crippen LogP contribution in [0.25, 0.3) is 0 Å². The van der Waals surface area contributed by atoms with Crippen molar-refractivity contribution in [3.05, 3.63) is 23.9 Å². The lowest BCUT2D eigenvalue weighted by Crippen LogP contribution is -2.15. The van der Waals surface area contributed by atoms with Crippen LogP contribution in [0.15, 0.2) is 18.2 Å². The Labute approximate surface area is 102 Å². The summed E-state index contributed by atoms with van der Waals surface area (Å²) in [7, 11) is 1.64. The summed E-state index contributed by atoms with van der Waals surface area (Å²) in [5, 5.41) is 3.38. The molecule has 0 fully saturated rings. The number of nitrogens with one attached hydrogen (secondary N) is 1. The molecule has 1 heterocycles. The fourth-order valence-corrected chi connectivity index (χ4v) is 1.88. The van der Waals surface area contributed by atoms with Crippen LogP contribution in [0.2, 0.25) is 0 Å². The largest absolute Gasteiger partial charge is 0.481 e. The van der Waals surface area contributed by atoms with Gasteiger partial charge in [0.25, 0.3) is 0 Å². The average molecular weight is 240 g/mol. The summed E-state index contributed by atoms with van der Waals surface area (Å²) < 4.78 is 5.07. The second kappa shape index (κ2) is 8.42. The van der Waals surface area contributed by atoms with E-state index in [1.54, 1.807) is 7.11 Å². The maximum absolute atomic E-state index is 5.07. The summed E-state index contributed by atoms with van der Waals surface area (Å²) in [5.74, 6) is 1.93. The van der Waals surface area contributed by atoms with Gasteiger partial charge in [0, 0.05) is 12.6 Å². The highest BCUT2D eigenvalue weighted by Crippen LogP contribution is 2.06. The van der Waals surface area contributed by atoms with Crippen molar-refractivity contribution in [2.24, 2.45) is 0 Å². The quantitative estimate of drug-likeness (QED) is 0.707. The molecule has 4 heteroatoms. The normalized spacial score (nSPS) is 10.4. The SMILES string of the molecule is COc1cccc(CNCCCCSC)n1. The molecule has 16 heavy (non-hydrogen) atoms. The van der Waals surface area contributed by atoms with E-state index in [1.807, 2.05) is 30.0 Å². The number of hydrogen-bond donors (Lipinski definition) is 1. The number of unbranched alkanes of at least 4 members (excludes halogenated alkanes) is 1. The molecule has 0 saturated heterocycles. The molecule has 0 radical (unpaired) electrons. The summed E-state index contributed by atoms with van der Waals surface area (Å²) in [4.78, 5) is 4.34. The first kappa shape index (κ1) is 13.3. The van der Waals surface area contributed by atoms with E-state index >= 15 is 0 Å². The van der Waals surface area contributed by atoms with Crippen molar-refractivity contribution < 1.29 is 4.74 Å². The highest BCUT2D eigenvalue weighted by atomic mass is 32.2. The molecule has 0 saturated carbocycles. The summed E-state index contributed by atoms with van der Waals surface area (Å²) in [6.07, 6.45) is 4.65. The molecule has 0 atom stereocenters. The predicted octanol–water partition coefficient (Wildman–Crippen LogP) is 2.32. The Morgan fingerprint density at radius 3 is 3.00 bits per heavy atom. The topological polar surface area (TPSA) is 34.1 Å². The average Bonchev–Trinajstić information content (AvgIpc) is 2.34. The number of pyridine rings is 1. The zero-order chi connectivity index (χ0) is 11.6. The number of methoxy groups -OCH3 is 1. The highest BCUT2D eigenvalue weighted by molar-refractivity contribution is 7.98. The van der Waals surface area contributed by atoms with Gasteiger partial charge < -0.3 is 10.1 Å². The van der Waals surface area contributed by atoms with Crippen molar-refractivity contribution in [2.45, 2.75) is 19.4 Å². The fourth-order valence-electron chi connectivity index (χ4n) is 1.38. The lowest BCUT2D eigenvalue weighted by Gasteiger charge is -2.05. The molecule has 1 rings (SSSR count). The lowest BCUT2D eigenvalue weighted by molar-refractivity contribution is 0.395. The number of thioether (sulfide) groups is 1. The number of rotatable bonds is 8. The van der Waals surface area contributed by atoms with Crippen LogP contribution in [0, 0.1) is 0 Å². The molecule has 1 aromatic heterocycles. The number of nitrogens with zero attached hydrogens (tertiary/aromatic N) is 1. The van der Waals surface area contributed by atoms with Gasteiger partial charge in [0.05, 0.1) is 12.8 Å². The van der Waals surface area contributed by atoms with Crippen LogP contribution in [-0.4, -0.2) is 30.6 Å². The second-order valence-corrected chi connectivity index (χ2v) is 4.53. The van der Waals surface area contributed by atoms with E-state index in [0.717, 1.165) is 18.8 Å². The predicted molar refractivity (Wildman–Crippen MR) is 70.1 cm³/mol. The fraction of sp³-hybridized carbons (Fsp3) is 0.583.